The van der Waals surface area contributed by atoms with Crippen LogP contribution in [0, 0.1) is 5.92 Å². The second-order valence-corrected chi connectivity index (χ2v) is 7.90. The predicted octanol–water partition coefficient (Wildman–Crippen LogP) is 1.74. The average molecular weight is 394 g/mol. The highest BCUT2D eigenvalue weighted by atomic mass is 32.1. The first-order valence-electron chi connectivity index (χ1n) is 10.0. The van der Waals surface area contributed by atoms with Gasteiger partial charge in [0.1, 0.15) is 0 Å². The van der Waals surface area contributed by atoms with Crippen molar-refractivity contribution in [1.29, 1.82) is 0 Å². The predicted molar refractivity (Wildman–Crippen MR) is 108 cm³/mol. The number of thiazole rings is 1. The largest absolute Gasteiger partial charge is 0.378 e. The first-order valence-corrected chi connectivity index (χ1v) is 10.9. The lowest BCUT2D eigenvalue weighted by atomic mass is 9.95. The molecule has 7 nitrogen and oxygen atoms in total. The normalized spacial score (nSPS) is 19.4. The van der Waals surface area contributed by atoms with E-state index in [0.717, 1.165) is 68.6 Å². The van der Waals surface area contributed by atoms with Crippen LogP contribution in [0.15, 0.2) is 10.4 Å². The van der Waals surface area contributed by atoms with Crippen molar-refractivity contribution in [2.45, 2.75) is 39.7 Å². The van der Waals surface area contributed by atoms with E-state index in [4.69, 9.17) is 9.73 Å². The van der Waals surface area contributed by atoms with Crippen LogP contribution in [0.4, 0.5) is 0 Å². The molecule has 2 saturated heterocycles. The molecule has 27 heavy (non-hydrogen) atoms. The highest BCUT2D eigenvalue weighted by Gasteiger charge is 2.30. The molecule has 0 aromatic carbocycles. The van der Waals surface area contributed by atoms with Crippen molar-refractivity contribution >= 4 is 23.2 Å². The summed E-state index contributed by atoms with van der Waals surface area (Å²) in [7, 11) is 0. The number of aliphatic imine (C=N–C) groups is 1. The van der Waals surface area contributed by atoms with Crippen molar-refractivity contribution in [3.63, 3.8) is 0 Å². The summed E-state index contributed by atoms with van der Waals surface area (Å²) in [5.74, 6) is 1.36. The lowest BCUT2D eigenvalue weighted by Crippen LogP contribution is -2.50. The zero-order valence-electron chi connectivity index (χ0n) is 16.4. The minimum Gasteiger partial charge on any atom is -0.378 e. The Kier molecular flexibility index (Phi) is 7.46. The Bertz CT molecular complexity index is 634. The molecular formula is C19H31N5O2S. The average Bonchev–Trinajstić information content (AvgIpc) is 3.19. The number of rotatable bonds is 5. The molecule has 150 valence electrons. The van der Waals surface area contributed by atoms with Crippen molar-refractivity contribution in [2.24, 2.45) is 10.9 Å². The maximum absolute atomic E-state index is 12.7. The molecule has 8 heteroatoms. The van der Waals surface area contributed by atoms with E-state index in [0.29, 0.717) is 25.7 Å². The summed E-state index contributed by atoms with van der Waals surface area (Å²) in [6.07, 6.45) is 2.74. The Hall–Kier alpha value is -1.67. The van der Waals surface area contributed by atoms with Gasteiger partial charge >= 0.3 is 0 Å². The lowest BCUT2D eigenvalue weighted by molar-refractivity contribution is -0.140. The zero-order valence-corrected chi connectivity index (χ0v) is 17.3. The molecule has 0 radical (unpaired) electrons. The van der Waals surface area contributed by atoms with Gasteiger partial charge in [0.25, 0.3) is 0 Å². The summed E-state index contributed by atoms with van der Waals surface area (Å²) < 4.78 is 5.35. The third-order valence-corrected chi connectivity index (χ3v) is 6.14. The van der Waals surface area contributed by atoms with Gasteiger partial charge in [-0.05, 0) is 26.2 Å². The van der Waals surface area contributed by atoms with Crippen LogP contribution in [-0.4, -0.2) is 72.6 Å². The topological polar surface area (TPSA) is 70.1 Å². The second-order valence-electron chi connectivity index (χ2n) is 6.96. The third-order valence-electron chi connectivity index (χ3n) is 5.09. The molecule has 1 N–H and O–H groups in total. The fourth-order valence-electron chi connectivity index (χ4n) is 3.55. The number of hydrogen-bond acceptors (Lipinski definition) is 5. The Morgan fingerprint density at radius 1 is 1.26 bits per heavy atom. The van der Waals surface area contributed by atoms with Crippen LogP contribution in [-0.2, 0) is 22.5 Å². The van der Waals surface area contributed by atoms with E-state index in [-0.39, 0.29) is 5.92 Å². The number of amides is 1. The maximum atomic E-state index is 12.7. The van der Waals surface area contributed by atoms with E-state index < -0.39 is 0 Å². The van der Waals surface area contributed by atoms with E-state index in [9.17, 15) is 4.79 Å². The van der Waals surface area contributed by atoms with E-state index in [2.05, 4.69) is 34.4 Å². The number of piperidine rings is 1. The zero-order chi connectivity index (χ0) is 19.1. The quantitative estimate of drug-likeness (QED) is 0.610. The Morgan fingerprint density at radius 2 is 2.00 bits per heavy atom. The molecule has 1 aromatic rings. The van der Waals surface area contributed by atoms with Crippen molar-refractivity contribution in [3.8, 4) is 0 Å². The minimum atomic E-state index is 0.132. The van der Waals surface area contributed by atoms with Gasteiger partial charge < -0.3 is 19.9 Å². The molecule has 0 aliphatic carbocycles. The number of guanidine groups is 1. The minimum absolute atomic E-state index is 0.132. The highest BCUT2D eigenvalue weighted by Crippen LogP contribution is 2.21. The van der Waals surface area contributed by atoms with Crippen molar-refractivity contribution in [2.75, 3.05) is 45.9 Å². The van der Waals surface area contributed by atoms with E-state index >= 15 is 0 Å². The summed E-state index contributed by atoms with van der Waals surface area (Å²) in [4.78, 5) is 26.3. The number of aryl methyl sites for hydroxylation is 1. The first kappa shape index (κ1) is 20.1. The number of aromatic nitrogens is 1. The van der Waals surface area contributed by atoms with Crippen LogP contribution < -0.4 is 5.32 Å². The van der Waals surface area contributed by atoms with E-state index in [1.807, 2.05) is 4.90 Å². The molecule has 1 amide bonds. The van der Waals surface area contributed by atoms with Crippen LogP contribution in [0.1, 0.15) is 37.4 Å². The Morgan fingerprint density at radius 3 is 2.63 bits per heavy atom. The fourth-order valence-corrected chi connectivity index (χ4v) is 4.28. The SMILES string of the molecule is CCNC(=NCc1csc(CC)n1)N1CCC(C(=O)N2CCOCC2)CC1. The maximum Gasteiger partial charge on any atom is 0.225 e. The lowest BCUT2D eigenvalue weighted by Gasteiger charge is -2.36. The Labute approximate surface area is 165 Å². The van der Waals surface area contributed by atoms with Gasteiger partial charge in [-0.1, -0.05) is 6.92 Å². The number of ether oxygens (including phenoxy) is 1. The molecule has 0 bridgehead atoms. The first-order chi connectivity index (χ1) is 13.2. The van der Waals surface area contributed by atoms with Gasteiger partial charge in [-0.3, -0.25) is 4.79 Å². The molecule has 3 heterocycles. The van der Waals surface area contributed by atoms with Crippen LogP contribution >= 0.6 is 11.3 Å². The number of carbonyl (C=O) groups is 1. The summed E-state index contributed by atoms with van der Waals surface area (Å²) in [6.45, 7) is 10.2. The van der Waals surface area contributed by atoms with Gasteiger partial charge in [0.05, 0.1) is 30.5 Å². The summed E-state index contributed by atoms with van der Waals surface area (Å²) in [5.41, 5.74) is 1.03. The van der Waals surface area contributed by atoms with Crippen LogP contribution in [0.2, 0.25) is 0 Å². The van der Waals surface area contributed by atoms with Crippen molar-refractivity contribution < 1.29 is 9.53 Å². The monoisotopic (exact) mass is 393 g/mol. The van der Waals surface area contributed by atoms with Crippen LogP contribution in [0.25, 0.3) is 0 Å². The van der Waals surface area contributed by atoms with Gasteiger partial charge in [-0.25, -0.2) is 9.98 Å². The summed E-state index contributed by atoms with van der Waals surface area (Å²) >= 11 is 1.70. The molecule has 0 unspecified atom stereocenters. The van der Waals surface area contributed by atoms with Gasteiger partial charge in [0, 0.05) is 44.0 Å². The van der Waals surface area contributed by atoms with Gasteiger partial charge in [-0.15, -0.1) is 11.3 Å². The van der Waals surface area contributed by atoms with Gasteiger partial charge in [0.2, 0.25) is 5.91 Å². The smallest absolute Gasteiger partial charge is 0.225 e. The molecular weight excluding hydrogens is 362 g/mol. The number of nitrogens with one attached hydrogen (secondary N) is 1. The number of morpholine rings is 1. The molecule has 2 fully saturated rings. The van der Waals surface area contributed by atoms with E-state index in [1.54, 1.807) is 11.3 Å². The van der Waals surface area contributed by atoms with Crippen molar-refractivity contribution in [3.05, 3.63) is 16.1 Å². The molecule has 2 aliphatic rings. The Balaban J connectivity index is 1.54. The number of nitrogens with zero attached hydrogens (tertiary/aromatic N) is 4. The summed E-state index contributed by atoms with van der Waals surface area (Å²) in [6, 6.07) is 0. The molecule has 0 spiro atoms. The van der Waals surface area contributed by atoms with Gasteiger partial charge in [0.15, 0.2) is 5.96 Å². The van der Waals surface area contributed by atoms with Gasteiger partial charge in [-0.2, -0.15) is 0 Å². The standard InChI is InChI=1S/C19H31N5O2S/c1-3-17-22-16(14-27-17)13-21-19(20-4-2)24-7-5-15(6-8-24)18(25)23-9-11-26-12-10-23/h14-15H,3-13H2,1-2H3,(H,20,21). The molecule has 0 atom stereocenters. The molecule has 2 aliphatic heterocycles. The second kappa shape index (κ2) is 10.0. The van der Waals surface area contributed by atoms with Crippen molar-refractivity contribution in [1.82, 2.24) is 20.1 Å². The molecule has 0 saturated carbocycles. The van der Waals surface area contributed by atoms with Crippen LogP contribution in [0.5, 0.6) is 0 Å². The highest BCUT2D eigenvalue weighted by molar-refractivity contribution is 7.09. The number of likely N-dealkylation sites (tertiary alicyclic amines) is 1. The fraction of sp³-hybridized carbons (Fsp3) is 0.737. The number of hydrogen-bond donors (Lipinski definition) is 1. The van der Waals surface area contributed by atoms with Crippen LogP contribution in [0.3, 0.4) is 0 Å². The third kappa shape index (κ3) is 5.42. The summed E-state index contributed by atoms with van der Waals surface area (Å²) in [5, 5.41) is 6.65. The molecule has 3 rings (SSSR count). The van der Waals surface area contributed by atoms with E-state index in [1.165, 1.54) is 0 Å². The molecule has 1 aromatic heterocycles. The number of carbonyl (C=O) groups excluding carboxylic acids is 1.